The van der Waals surface area contributed by atoms with E-state index in [0.717, 1.165) is 11.1 Å². The van der Waals surface area contributed by atoms with E-state index in [4.69, 9.17) is 5.73 Å². The molecule has 0 unspecified atom stereocenters. The van der Waals surface area contributed by atoms with E-state index >= 15 is 0 Å². The molecule has 2 aliphatic rings. The van der Waals surface area contributed by atoms with Crippen LogP contribution in [0, 0.1) is 11.8 Å². The largest absolute Gasteiger partial charge is 0.369 e. The molecular formula is C21H19N3O3S. The summed E-state index contributed by atoms with van der Waals surface area (Å²) in [6.45, 7) is 3.56. The molecule has 2 aliphatic heterocycles. The number of carbonyl (C=O) groups excluding carboxylic acids is 1. The monoisotopic (exact) mass is 393 g/mol. The van der Waals surface area contributed by atoms with Crippen LogP contribution >= 0.6 is 0 Å². The second kappa shape index (κ2) is 5.94. The molecule has 0 saturated carbocycles. The lowest BCUT2D eigenvalue weighted by atomic mass is 9.86. The number of hydrogen-bond acceptors (Lipinski definition) is 5. The van der Waals surface area contributed by atoms with Gasteiger partial charge in [-0.05, 0) is 49.7 Å². The Bertz CT molecular complexity index is 1240. The van der Waals surface area contributed by atoms with Gasteiger partial charge in [-0.15, -0.1) is 5.92 Å². The highest BCUT2D eigenvalue weighted by Gasteiger charge is 2.39. The van der Waals surface area contributed by atoms with Gasteiger partial charge in [0.1, 0.15) is 0 Å². The topological polar surface area (TPSA) is 92.8 Å². The Morgan fingerprint density at radius 3 is 2.43 bits per heavy atom. The first kappa shape index (κ1) is 18.3. The molecule has 28 heavy (non-hydrogen) atoms. The molecule has 0 aliphatic carbocycles. The zero-order valence-electron chi connectivity index (χ0n) is 15.8. The number of benzene rings is 2. The van der Waals surface area contributed by atoms with Crippen LogP contribution in [-0.4, -0.2) is 32.2 Å². The molecule has 0 spiro atoms. The molecule has 7 heteroatoms. The van der Waals surface area contributed by atoms with Crippen LogP contribution in [-0.2, 0) is 20.2 Å². The number of amides is 1. The maximum Gasteiger partial charge on any atom is 0.231 e. The molecular weight excluding hydrogens is 374 g/mol. The van der Waals surface area contributed by atoms with Crippen LogP contribution in [0.2, 0.25) is 0 Å². The summed E-state index contributed by atoms with van der Waals surface area (Å²) in [5.41, 5.74) is 7.78. The molecule has 0 radical (unpaired) electrons. The molecule has 4 rings (SSSR count). The highest BCUT2D eigenvalue weighted by atomic mass is 32.2. The van der Waals surface area contributed by atoms with E-state index < -0.39 is 15.4 Å². The lowest BCUT2D eigenvalue weighted by Crippen LogP contribution is -2.47. The first-order valence-electron chi connectivity index (χ1n) is 8.76. The zero-order chi connectivity index (χ0) is 20.3. The van der Waals surface area contributed by atoms with E-state index in [0.29, 0.717) is 11.1 Å². The predicted molar refractivity (Wildman–Crippen MR) is 106 cm³/mol. The summed E-state index contributed by atoms with van der Waals surface area (Å²) in [5, 5.41) is 0. The minimum atomic E-state index is -3.58. The van der Waals surface area contributed by atoms with Crippen LogP contribution in [0.5, 0.6) is 0 Å². The Hall–Kier alpha value is -3.11. The molecule has 6 nitrogen and oxygen atoms in total. The van der Waals surface area contributed by atoms with E-state index in [1.165, 1.54) is 4.90 Å². The molecule has 2 aromatic rings. The number of aliphatic imine (C=N–C) groups is 1. The van der Waals surface area contributed by atoms with Gasteiger partial charge in [0.15, 0.2) is 5.96 Å². The summed E-state index contributed by atoms with van der Waals surface area (Å²) < 4.78 is 25.8. The van der Waals surface area contributed by atoms with Gasteiger partial charge in [-0.2, -0.15) is 0 Å². The summed E-state index contributed by atoms with van der Waals surface area (Å²) in [7, 11) is -1.99. The Labute approximate surface area is 164 Å². The third-order valence-electron chi connectivity index (χ3n) is 5.29. The van der Waals surface area contributed by atoms with Crippen molar-refractivity contribution < 1.29 is 13.2 Å². The van der Waals surface area contributed by atoms with Gasteiger partial charge in [0, 0.05) is 23.7 Å². The minimum Gasteiger partial charge on any atom is -0.369 e. The van der Waals surface area contributed by atoms with Crippen molar-refractivity contribution in [2.24, 2.45) is 10.7 Å². The van der Waals surface area contributed by atoms with Crippen LogP contribution in [0.4, 0.5) is 0 Å². The lowest BCUT2D eigenvalue weighted by molar-refractivity contribution is -0.128. The van der Waals surface area contributed by atoms with Gasteiger partial charge < -0.3 is 5.73 Å². The van der Waals surface area contributed by atoms with Crippen molar-refractivity contribution in [2.45, 2.75) is 35.6 Å². The fourth-order valence-electron chi connectivity index (χ4n) is 3.70. The van der Waals surface area contributed by atoms with Crippen molar-refractivity contribution in [1.82, 2.24) is 4.90 Å². The number of nitrogens with two attached hydrogens (primary N) is 1. The molecule has 0 aromatic heterocycles. The predicted octanol–water partition coefficient (Wildman–Crippen LogP) is 2.26. The van der Waals surface area contributed by atoms with Crippen molar-refractivity contribution in [3.8, 4) is 23.0 Å². The molecule has 2 heterocycles. The highest BCUT2D eigenvalue weighted by molar-refractivity contribution is 7.92. The van der Waals surface area contributed by atoms with Crippen LogP contribution in [0.25, 0.3) is 11.1 Å². The van der Waals surface area contributed by atoms with E-state index in [1.807, 2.05) is 6.92 Å². The highest BCUT2D eigenvalue weighted by Crippen LogP contribution is 2.46. The number of hydrogen-bond donors (Lipinski definition) is 1. The molecule has 0 fully saturated rings. The number of fused-ring (bicyclic) bond motifs is 3. The normalized spacial score (nSPS) is 22.0. The first-order valence-corrected chi connectivity index (χ1v) is 10.2. The van der Waals surface area contributed by atoms with Crippen molar-refractivity contribution >= 4 is 21.7 Å². The van der Waals surface area contributed by atoms with Crippen molar-refractivity contribution in [3.05, 3.63) is 47.5 Å². The first-order chi connectivity index (χ1) is 13.2. The third-order valence-corrected chi connectivity index (χ3v) is 7.16. The fraction of sp³-hybridized carbons (Fsp3) is 0.238. The van der Waals surface area contributed by atoms with Crippen molar-refractivity contribution in [2.75, 3.05) is 7.05 Å². The summed E-state index contributed by atoms with van der Waals surface area (Å²) in [6.07, 6.45) is 0.157. The molecule has 0 saturated heterocycles. The van der Waals surface area contributed by atoms with Crippen LogP contribution in [0.1, 0.15) is 31.4 Å². The summed E-state index contributed by atoms with van der Waals surface area (Å²) >= 11 is 0. The molecule has 0 bridgehead atoms. The summed E-state index contributed by atoms with van der Waals surface area (Å²) in [4.78, 5) is 18.7. The quantitative estimate of drug-likeness (QED) is 0.642. The molecule has 2 N–H and O–H groups in total. The maximum atomic E-state index is 12.9. The Morgan fingerprint density at radius 1 is 1.14 bits per heavy atom. The van der Waals surface area contributed by atoms with Gasteiger partial charge in [-0.25, -0.2) is 13.4 Å². The van der Waals surface area contributed by atoms with Gasteiger partial charge in [0.2, 0.25) is 15.7 Å². The summed E-state index contributed by atoms with van der Waals surface area (Å²) in [6, 6.07) is 10.2. The van der Waals surface area contributed by atoms with Crippen molar-refractivity contribution in [1.29, 1.82) is 0 Å². The second-order valence-electron chi connectivity index (χ2n) is 7.17. The van der Waals surface area contributed by atoms with E-state index in [2.05, 4.69) is 16.8 Å². The SMILES string of the molecule is CC#Cc1ccc2c(c1)-c1cc([C@]3(C)CC(=O)N(C)C(N)=N3)ccc1S2(=O)=O. The fourth-order valence-corrected chi connectivity index (χ4v) is 5.35. The number of sulfone groups is 1. The Balaban J connectivity index is 1.93. The lowest BCUT2D eigenvalue weighted by Gasteiger charge is -2.33. The van der Waals surface area contributed by atoms with Crippen molar-refractivity contribution in [3.63, 3.8) is 0 Å². The molecule has 1 atom stereocenters. The van der Waals surface area contributed by atoms with Gasteiger partial charge in [0.05, 0.1) is 21.8 Å². The minimum absolute atomic E-state index is 0.135. The van der Waals surface area contributed by atoms with E-state index in [1.54, 1.807) is 50.4 Å². The number of carbonyl (C=O) groups is 1. The standard InChI is InChI=1S/C21H19N3O3S/c1-4-5-13-6-8-17-15(10-13)16-11-14(7-9-18(16)28(17,26)27)21(2)12-19(25)24(3)20(22)23-21/h6-11H,12H2,1-3H3,(H2,22,23)/t21-/m0/s1. The number of rotatable bonds is 1. The smallest absolute Gasteiger partial charge is 0.231 e. The second-order valence-corrected chi connectivity index (χ2v) is 9.06. The van der Waals surface area contributed by atoms with Gasteiger partial charge >= 0.3 is 0 Å². The molecule has 142 valence electrons. The van der Waals surface area contributed by atoms with E-state index in [-0.39, 0.29) is 28.1 Å². The molecule has 1 amide bonds. The number of nitrogens with zero attached hydrogens (tertiary/aromatic N) is 2. The number of guanidine groups is 1. The molecule has 2 aromatic carbocycles. The van der Waals surface area contributed by atoms with Gasteiger partial charge in [-0.1, -0.05) is 12.0 Å². The maximum absolute atomic E-state index is 12.9. The van der Waals surface area contributed by atoms with Crippen LogP contribution < -0.4 is 5.73 Å². The zero-order valence-corrected chi connectivity index (χ0v) is 16.6. The third kappa shape index (κ3) is 2.53. The Kier molecular flexibility index (Phi) is 3.88. The average Bonchev–Trinajstić information content (AvgIpc) is 2.87. The van der Waals surface area contributed by atoms with Gasteiger partial charge in [-0.3, -0.25) is 9.69 Å². The van der Waals surface area contributed by atoms with E-state index in [9.17, 15) is 13.2 Å². The summed E-state index contributed by atoms with van der Waals surface area (Å²) in [5.74, 6) is 5.80. The Morgan fingerprint density at radius 2 is 1.79 bits per heavy atom. The van der Waals surface area contributed by atoms with Crippen LogP contribution in [0.15, 0.2) is 51.2 Å². The van der Waals surface area contributed by atoms with Gasteiger partial charge in [0.25, 0.3) is 0 Å². The van der Waals surface area contributed by atoms with Crippen LogP contribution in [0.3, 0.4) is 0 Å². The average molecular weight is 393 g/mol.